The van der Waals surface area contributed by atoms with Crippen molar-refractivity contribution in [3.8, 4) is 0 Å². The molecule has 0 bridgehead atoms. The van der Waals surface area contributed by atoms with Crippen molar-refractivity contribution in [2.45, 2.75) is 9.79 Å². The number of rotatable bonds is 4. The summed E-state index contributed by atoms with van der Waals surface area (Å²) < 4.78 is 25.5. The van der Waals surface area contributed by atoms with Crippen LogP contribution < -0.4 is 0 Å². The number of azo groups is 1. The molecule has 5 heteroatoms. The number of sulfone groups is 1. The molecule has 4 nitrogen and oxygen atoms in total. The van der Waals surface area contributed by atoms with E-state index in [9.17, 15) is 8.42 Å². The van der Waals surface area contributed by atoms with E-state index in [1.54, 1.807) is 54.6 Å². The summed E-state index contributed by atoms with van der Waals surface area (Å²) in [5, 5.41) is 8.13. The van der Waals surface area contributed by atoms with Crippen LogP contribution >= 0.6 is 0 Å². The summed E-state index contributed by atoms with van der Waals surface area (Å²) in [6.07, 6.45) is 0. The smallest absolute Gasteiger partial charge is 0.208 e. The Morgan fingerprint density at radius 2 is 1.39 bits per heavy atom. The lowest BCUT2D eigenvalue weighted by molar-refractivity contribution is 0.596. The van der Waals surface area contributed by atoms with Gasteiger partial charge in [-0.3, -0.25) is 0 Å². The minimum absolute atomic E-state index is 0.0888. The minimum atomic E-state index is -3.66. The summed E-state index contributed by atoms with van der Waals surface area (Å²) in [5.74, 6) is 0. The molecular weight excluding hydrogens is 308 g/mol. The average molecular weight is 321 g/mol. The summed E-state index contributed by atoms with van der Waals surface area (Å²) in [7, 11) is -3.66. The molecule has 0 atom stereocenters. The molecule has 0 aliphatic rings. The van der Waals surface area contributed by atoms with Crippen molar-refractivity contribution in [1.29, 1.82) is 0 Å². The highest BCUT2D eigenvalue weighted by molar-refractivity contribution is 7.91. The maximum Gasteiger partial charge on any atom is 0.208 e. The predicted octanol–water partition coefficient (Wildman–Crippen LogP) is 4.73. The Morgan fingerprint density at radius 3 is 2.09 bits per heavy atom. The largest absolute Gasteiger partial charge is 0.218 e. The second kappa shape index (κ2) is 6.54. The van der Waals surface area contributed by atoms with E-state index in [4.69, 9.17) is 0 Å². The maximum absolute atomic E-state index is 12.7. The third-order valence-electron chi connectivity index (χ3n) is 3.16. The molecule has 0 saturated carbocycles. The van der Waals surface area contributed by atoms with Gasteiger partial charge in [0, 0.05) is 6.07 Å². The van der Waals surface area contributed by atoms with Gasteiger partial charge in [0.1, 0.15) is 5.69 Å². The Kier molecular flexibility index (Phi) is 4.30. The number of nitrogens with zero attached hydrogens (tertiary/aromatic N) is 2. The van der Waals surface area contributed by atoms with E-state index in [0.717, 1.165) is 0 Å². The molecule has 3 aromatic carbocycles. The van der Waals surface area contributed by atoms with Gasteiger partial charge in [0.05, 0.1) is 15.5 Å². The third kappa shape index (κ3) is 3.35. The topological polar surface area (TPSA) is 58.9 Å². The summed E-state index contributed by atoms with van der Waals surface area (Å²) >= 11 is 0. The van der Waals surface area contributed by atoms with Crippen LogP contribution in [0.2, 0.25) is 0 Å². The monoisotopic (exact) mass is 321 g/mol. The second-order valence-electron chi connectivity index (χ2n) is 4.74. The van der Waals surface area contributed by atoms with Crippen LogP contribution in [0.1, 0.15) is 0 Å². The molecular formula is C18H13N2O2S. The van der Waals surface area contributed by atoms with Gasteiger partial charge >= 0.3 is 0 Å². The van der Waals surface area contributed by atoms with E-state index >= 15 is 0 Å². The van der Waals surface area contributed by atoms with Crippen molar-refractivity contribution in [2.24, 2.45) is 10.2 Å². The molecule has 0 saturated heterocycles. The van der Waals surface area contributed by atoms with E-state index in [1.807, 2.05) is 18.2 Å². The van der Waals surface area contributed by atoms with Gasteiger partial charge in [-0.2, -0.15) is 5.11 Å². The molecule has 3 rings (SSSR count). The highest BCUT2D eigenvalue weighted by Gasteiger charge is 2.20. The van der Waals surface area contributed by atoms with Gasteiger partial charge in [-0.25, -0.2) is 8.42 Å². The van der Waals surface area contributed by atoms with Gasteiger partial charge in [-0.05, 0) is 30.3 Å². The van der Waals surface area contributed by atoms with Crippen LogP contribution in [0.15, 0.2) is 98.9 Å². The second-order valence-corrected chi connectivity index (χ2v) is 6.65. The average Bonchev–Trinajstić information content (AvgIpc) is 2.62. The van der Waals surface area contributed by atoms with Crippen molar-refractivity contribution < 1.29 is 8.42 Å². The molecule has 0 aromatic heterocycles. The first-order chi connectivity index (χ1) is 11.2. The third-order valence-corrected chi connectivity index (χ3v) is 4.96. The predicted molar refractivity (Wildman–Crippen MR) is 87.8 cm³/mol. The van der Waals surface area contributed by atoms with Crippen molar-refractivity contribution >= 4 is 21.2 Å². The lowest BCUT2D eigenvalue weighted by Crippen LogP contribution is -2.01. The molecule has 0 fully saturated rings. The molecule has 1 radical (unpaired) electrons. The van der Waals surface area contributed by atoms with Crippen molar-refractivity contribution in [3.63, 3.8) is 0 Å². The van der Waals surface area contributed by atoms with Crippen LogP contribution in [-0.4, -0.2) is 8.42 Å². The normalized spacial score (nSPS) is 11.7. The van der Waals surface area contributed by atoms with Gasteiger partial charge in [-0.15, -0.1) is 5.11 Å². The zero-order valence-electron chi connectivity index (χ0n) is 12.1. The number of hydrogen-bond donors (Lipinski definition) is 0. The zero-order chi connectivity index (χ0) is 16.1. The summed E-state index contributed by atoms with van der Waals surface area (Å²) in [4.78, 5) is 0.307. The first kappa shape index (κ1) is 15.1. The SMILES string of the molecule is O=S(=O)(c1ccccc1)c1ccc[c]c1N=Nc1ccccc1. The number of hydrogen-bond acceptors (Lipinski definition) is 4. The molecule has 113 valence electrons. The van der Waals surface area contributed by atoms with Crippen LogP contribution in [0.25, 0.3) is 0 Å². The van der Waals surface area contributed by atoms with Crippen LogP contribution in [-0.2, 0) is 9.84 Å². The van der Waals surface area contributed by atoms with Gasteiger partial charge in [0.15, 0.2) is 0 Å². The quantitative estimate of drug-likeness (QED) is 0.652. The maximum atomic E-state index is 12.7. The van der Waals surface area contributed by atoms with E-state index < -0.39 is 9.84 Å². The number of benzene rings is 3. The Bertz CT molecular complexity index is 922. The zero-order valence-corrected chi connectivity index (χ0v) is 12.9. The Labute approximate surface area is 135 Å². The Balaban J connectivity index is 2.04. The van der Waals surface area contributed by atoms with Crippen LogP contribution in [0.3, 0.4) is 0 Å². The van der Waals surface area contributed by atoms with Crippen LogP contribution in [0, 0.1) is 6.07 Å². The summed E-state index contributed by atoms with van der Waals surface area (Å²) in [6, 6.07) is 25.0. The standard InChI is InChI=1S/C18H13N2O2S/c21-23(22,16-11-5-2-6-12-16)18-14-8-7-13-17(18)20-19-15-9-3-1-4-10-15/h1-12,14H. The lowest BCUT2D eigenvalue weighted by Gasteiger charge is -2.06. The summed E-state index contributed by atoms with van der Waals surface area (Å²) in [5.41, 5.74) is 0.841. The first-order valence-electron chi connectivity index (χ1n) is 6.95. The van der Waals surface area contributed by atoms with Crippen LogP contribution in [0.5, 0.6) is 0 Å². The van der Waals surface area contributed by atoms with Crippen LogP contribution in [0.4, 0.5) is 11.4 Å². The fourth-order valence-electron chi connectivity index (χ4n) is 2.04. The van der Waals surface area contributed by atoms with Crippen molar-refractivity contribution in [1.82, 2.24) is 0 Å². The molecule has 0 aliphatic carbocycles. The lowest BCUT2D eigenvalue weighted by atomic mass is 10.3. The Hall–Kier alpha value is -2.79. The summed E-state index contributed by atoms with van der Waals surface area (Å²) in [6.45, 7) is 0. The molecule has 0 N–H and O–H groups in total. The van der Waals surface area contributed by atoms with Crippen molar-refractivity contribution in [2.75, 3.05) is 0 Å². The fraction of sp³-hybridized carbons (Fsp3) is 0. The first-order valence-corrected chi connectivity index (χ1v) is 8.44. The molecule has 0 amide bonds. The molecule has 0 unspecified atom stereocenters. The van der Waals surface area contributed by atoms with E-state index in [0.29, 0.717) is 5.69 Å². The van der Waals surface area contributed by atoms with E-state index in [2.05, 4.69) is 16.3 Å². The highest BCUT2D eigenvalue weighted by Crippen LogP contribution is 2.30. The van der Waals surface area contributed by atoms with E-state index in [-0.39, 0.29) is 15.5 Å². The molecule has 0 aliphatic heterocycles. The molecule has 23 heavy (non-hydrogen) atoms. The fourth-order valence-corrected chi connectivity index (χ4v) is 3.42. The van der Waals surface area contributed by atoms with Gasteiger partial charge < -0.3 is 0 Å². The molecule has 0 spiro atoms. The van der Waals surface area contributed by atoms with Gasteiger partial charge in [-0.1, -0.05) is 48.5 Å². The molecule has 0 heterocycles. The van der Waals surface area contributed by atoms with Gasteiger partial charge in [0.25, 0.3) is 0 Å². The minimum Gasteiger partial charge on any atom is -0.218 e. The van der Waals surface area contributed by atoms with Gasteiger partial charge in [0.2, 0.25) is 9.84 Å². The Morgan fingerprint density at radius 1 is 0.739 bits per heavy atom. The van der Waals surface area contributed by atoms with Crippen molar-refractivity contribution in [3.05, 3.63) is 84.9 Å². The van der Waals surface area contributed by atoms with E-state index in [1.165, 1.54) is 6.07 Å². The molecule has 3 aromatic rings. The highest BCUT2D eigenvalue weighted by atomic mass is 32.2.